The number of hydrogen-bond acceptors (Lipinski definition) is 4. The summed E-state index contributed by atoms with van der Waals surface area (Å²) < 4.78 is 25.3. The van der Waals surface area contributed by atoms with E-state index in [-0.39, 0.29) is 11.7 Å². The molecular weight excluding hydrogens is 326 g/mol. The van der Waals surface area contributed by atoms with Crippen LogP contribution in [0.15, 0.2) is 24.3 Å². The Morgan fingerprint density at radius 3 is 2.21 bits per heavy atom. The van der Waals surface area contributed by atoms with Gasteiger partial charge in [0.15, 0.2) is 0 Å². The van der Waals surface area contributed by atoms with E-state index in [1.54, 1.807) is 11.2 Å². The molecule has 7 heteroatoms. The van der Waals surface area contributed by atoms with E-state index in [1.807, 2.05) is 38.1 Å². The summed E-state index contributed by atoms with van der Waals surface area (Å²) in [6.45, 7) is 8.10. The van der Waals surface area contributed by atoms with E-state index in [2.05, 4.69) is 10.2 Å². The molecule has 1 heterocycles. The Labute approximate surface area is 144 Å². The third-order valence-electron chi connectivity index (χ3n) is 4.11. The summed E-state index contributed by atoms with van der Waals surface area (Å²) in [5.41, 5.74) is 1.84. The number of amides is 1. The van der Waals surface area contributed by atoms with Gasteiger partial charge in [-0.15, -0.1) is 0 Å². The minimum absolute atomic E-state index is 0.0242. The molecule has 0 saturated carbocycles. The molecule has 0 aliphatic carbocycles. The van der Waals surface area contributed by atoms with E-state index < -0.39 is 10.0 Å². The second-order valence-corrected chi connectivity index (χ2v) is 8.74. The van der Waals surface area contributed by atoms with Crippen LogP contribution in [0.25, 0.3) is 0 Å². The lowest BCUT2D eigenvalue weighted by Crippen LogP contribution is -2.49. The molecule has 0 bridgehead atoms. The van der Waals surface area contributed by atoms with Crippen molar-refractivity contribution < 1.29 is 13.2 Å². The number of rotatable bonds is 6. The molecular formula is C17H27N3O3S. The average Bonchev–Trinajstić information content (AvgIpc) is 2.55. The molecule has 24 heavy (non-hydrogen) atoms. The summed E-state index contributed by atoms with van der Waals surface area (Å²) in [6, 6.07) is 7.72. The number of sulfonamides is 1. The zero-order valence-corrected chi connectivity index (χ0v) is 15.5. The molecule has 1 saturated heterocycles. The van der Waals surface area contributed by atoms with Gasteiger partial charge in [-0.2, -0.15) is 4.31 Å². The second-order valence-electron chi connectivity index (χ2n) is 6.48. The van der Waals surface area contributed by atoms with E-state index in [1.165, 1.54) is 0 Å². The zero-order chi connectivity index (χ0) is 17.7. The van der Waals surface area contributed by atoms with Gasteiger partial charge in [-0.3, -0.25) is 4.79 Å². The highest BCUT2D eigenvalue weighted by Gasteiger charge is 2.25. The van der Waals surface area contributed by atoms with Gasteiger partial charge in [-0.25, -0.2) is 8.42 Å². The van der Waals surface area contributed by atoms with Crippen LogP contribution in [-0.2, 0) is 14.8 Å². The molecule has 0 atom stereocenters. The molecule has 0 spiro atoms. The number of hydrogen-bond donors (Lipinski definition) is 1. The van der Waals surface area contributed by atoms with Gasteiger partial charge in [-0.05, 0) is 37.1 Å². The maximum atomic E-state index is 11.9. The van der Waals surface area contributed by atoms with E-state index >= 15 is 0 Å². The zero-order valence-electron chi connectivity index (χ0n) is 14.7. The quantitative estimate of drug-likeness (QED) is 0.851. The summed E-state index contributed by atoms with van der Waals surface area (Å²) >= 11 is 0. The first-order valence-electron chi connectivity index (χ1n) is 8.44. The Hall–Kier alpha value is -1.60. The van der Waals surface area contributed by atoms with Gasteiger partial charge in [0, 0.05) is 44.0 Å². The monoisotopic (exact) mass is 353 g/mol. The first-order chi connectivity index (χ1) is 11.3. The summed E-state index contributed by atoms with van der Waals surface area (Å²) in [5.74, 6) is 0.508. The standard InChI is InChI=1S/C17H27N3O3S/c1-4-24(22,23)20-11-9-19(10-12-20)16-7-5-15(6-8-16)18-17(21)13-14(2)3/h5-8,14H,4,9-13H2,1-3H3,(H,18,21). The number of benzene rings is 1. The van der Waals surface area contributed by atoms with Gasteiger partial charge in [0.25, 0.3) is 0 Å². The van der Waals surface area contributed by atoms with Gasteiger partial charge in [-0.1, -0.05) is 13.8 Å². The van der Waals surface area contributed by atoms with E-state index in [0.717, 1.165) is 11.4 Å². The summed E-state index contributed by atoms with van der Waals surface area (Å²) in [4.78, 5) is 14.0. The Morgan fingerprint density at radius 2 is 1.71 bits per heavy atom. The maximum absolute atomic E-state index is 11.9. The van der Waals surface area contributed by atoms with Crippen LogP contribution in [-0.4, -0.2) is 50.6 Å². The van der Waals surface area contributed by atoms with E-state index in [0.29, 0.717) is 38.5 Å². The van der Waals surface area contributed by atoms with Gasteiger partial charge < -0.3 is 10.2 Å². The van der Waals surface area contributed by atoms with Gasteiger partial charge in [0.05, 0.1) is 5.75 Å². The Morgan fingerprint density at radius 1 is 1.12 bits per heavy atom. The van der Waals surface area contributed by atoms with Crippen molar-refractivity contribution in [1.29, 1.82) is 0 Å². The number of nitrogens with one attached hydrogen (secondary N) is 1. The first-order valence-corrected chi connectivity index (χ1v) is 10.1. The molecule has 0 unspecified atom stereocenters. The number of nitrogens with zero attached hydrogens (tertiary/aromatic N) is 2. The third-order valence-corrected chi connectivity index (χ3v) is 5.99. The van der Waals surface area contributed by atoms with Crippen molar-refractivity contribution >= 4 is 27.3 Å². The Bertz CT molecular complexity index is 648. The van der Waals surface area contributed by atoms with Crippen molar-refractivity contribution in [2.24, 2.45) is 5.92 Å². The lowest BCUT2D eigenvalue weighted by atomic mass is 10.1. The average molecular weight is 353 g/mol. The van der Waals surface area contributed by atoms with Gasteiger partial charge >= 0.3 is 0 Å². The number of piperazine rings is 1. The fourth-order valence-corrected chi connectivity index (χ4v) is 3.83. The molecule has 1 aliphatic rings. The van der Waals surface area contributed by atoms with Crippen LogP contribution >= 0.6 is 0 Å². The van der Waals surface area contributed by atoms with Crippen LogP contribution in [0, 0.1) is 5.92 Å². The van der Waals surface area contributed by atoms with Gasteiger partial charge in [0.2, 0.25) is 15.9 Å². The van der Waals surface area contributed by atoms with Crippen molar-refractivity contribution in [2.75, 3.05) is 42.1 Å². The highest BCUT2D eigenvalue weighted by molar-refractivity contribution is 7.89. The highest BCUT2D eigenvalue weighted by Crippen LogP contribution is 2.20. The number of carbonyl (C=O) groups excluding carboxylic acids is 1. The normalized spacial score (nSPS) is 16.4. The topological polar surface area (TPSA) is 69.7 Å². The molecule has 1 aromatic carbocycles. The van der Waals surface area contributed by atoms with Crippen molar-refractivity contribution in [3.8, 4) is 0 Å². The van der Waals surface area contributed by atoms with Crippen molar-refractivity contribution in [3.05, 3.63) is 24.3 Å². The summed E-state index contributed by atoms with van der Waals surface area (Å²) in [6.07, 6.45) is 0.510. The Balaban J connectivity index is 1.92. The predicted octanol–water partition coefficient (Wildman–Crippen LogP) is 2.14. The molecule has 134 valence electrons. The Kier molecular flexibility index (Phi) is 6.23. The molecule has 1 aliphatic heterocycles. The fourth-order valence-electron chi connectivity index (χ4n) is 2.75. The van der Waals surface area contributed by atoms with Crippen LogP contribution in [0.3, 0.4) is 0 Å². The highest BCUT2D eigenvalue weighted by atomic mass is 32.2. The van der Waals surface area contributed by atoms with Crippen molar-refractivity contribution in [1.82, 2.24) is 4.31 Å². The van der Waals surface area contributed by atoms with E-state index in [9.17, 15) is 13.2 Å². The first kappa shape index (κ1) is 18.7. The van der Waals surface area contributed by atoms with Crippen LogP contribution in [0.5, 0.6) is 0 Å². The molecule has 0 aromatic heterocycles. The molecule has 2 rings (SSSR count). The smallest absolute Gasteiger partial charge is 0.224 e. The minimum Gasteiger partial charge on any atom is -0.369 e. The molecule has 1 fully saturated rings. The van der Waals surface area contributed by atoms with Crippen molar-refractivity contribution in [2.45, 2.75) is 27.2 Å². The third kappa shape index (κ3) is 4.95. The largest absolute Gasteiger partial charge is 0.369 e. The lowest BCUT2D eigenvalue weighted by Gasteiger charge is -2.35. The molecule has 1 aromatic rings. The van der Waals surface area contributed by atoms with Crippen LogP contribution in [0.1, 0.15) is 27.2 Å². The minimum atomic E-state index is -3.10. The van der Waals surface area contributed by atoms with Crippen LogP contribution in [0.4, 0.5) is 11.4 Å². The predicted molar refractivity (Wildman–Crippen MR) is 97.8 cm³/mol. The van der Waals surface area contributed by atoms with Gasteiger partial charge in [0.1, 0.15) is 0 Å². The fraction of sp³-hybridized carbons (Fsp3) is 0.588. The number of anilines is 2. The molecule has 1 amide bonds. The summed E-state index contributed by atoms with van der Waals surface area (Å²) in [7, 11) is -3.10. The SMILES string of the molecule is CCS(=O)(=O)N1CCN(c2ccc(NC(=O)CC(C)C)cc2)CC1. The maximum Gasteiger partial charge on any atom is 0.224 e. The van der Waals surface area contributed by atoms with Crippen LogP contribution < -0.4 is 10.2 Å². The molecule has 6 nitrogen and oxygen atoms in total. The van der Waals surface area contributed by atoms with Crippen LogP contribution in [0.2, 0.25) is 0 Å². The van der Waals surface area contributed by atoms with E-state index in [4.69, 9.17) is 0 Å². The molecule has 0 radical (unpaired) electrons. The second kappa shape index (κ2) is 7.98. The van der Waals surface area contributed by atoms with Crippen molar-refractivity contribution in [3.63, 3.8) is 0 Å². The lowest BCUT2D eigenvalue weighted by molar-refractivity contribution is -0.116. The number of carbonyl (C=O) groups is 1. The molecule has 1 N–H and O–H groups in total. The summed E-state index contributed by atoms with van der Waals surface area (Å²) in [5, 5.41) is 2.89.